The van der Waals surface area contributed by atoms with E-state index in [1.54, 1.807) is 0 Å². The van der Waals surface area contributed by atoms with Crippen molar-refractivity contribution in [3.05, 3.63) is 0 Å². The molecule has 0 aromatic carbocycles. The molecule has 20 heavy (non-hydrogen) atoms. The summed E-state index contributed by atoms with van der Waals surface area (Å²) in [7, 11) is 2.11. The van der Waals surface area contributed by atoms with Gasteiger partial charge in [-0.05, 0) is 80.9 Å². The largest absolute Gasteiger partial charge is 0.369 e. The second kappa shape index (κ2) is 5.26. The minimum absolute atomic E-state index is 0.00957. The summed E-state index contributed by atoms with van der Waals surface area (Å²) in [6.07, 6.45) is 3.81. The molecule has 0 spiro atoms. The van der Waals surface area contributed by atoms with Crippen molar-refractivity contribution in [2.45, 2.75) is 83.6 Å². The van der Waals surface area contributed by atoms with Gasteiger partial charge in [0.25, 0.3) is 0 Å². The molecular weight excluding hydrogens is 248 g/mol. The molecule has 3 nitrogen and oxygen atoms in total. The normalized spacial score (nSPS) is 31.6. The first-order valence-electron chi connectivity index (χ1n) is 8.23. The maximum absolute atomic E-state index is 6.33. The van der Waals surface area contributed by atoms with Crippen molar-refractivity contribution in [3.8, 4) is 0 Å². The fourth-order valence-electron chi connectivity index (χ4n) is 4.66. The molecular formula is C17H34N2O. The Morgan fingerprint density at radius 1 is 1.15 bits per heavy atom. The van der Waals surface area contributed by atoms with Gasteiger partial charge >= 0.3 is 0 Å². The molecule has 2 heterocycles. The van der Waals surface area contributed by atoms with E-state index in [0.717, 1.165) is 6.42 Å². The van der Waals surface area contributed by atoms with Gasteiger partial charge in [-0.1, -0.05) is 0 Å². The smallest absolute Gasteiger partial charge is 0.0678 e. The third-order valence-corrected chi connectivity index (χ3v) is 5.54. The molecule has 118 valence electrons. The third kappa shape index (κ3) is 2.90. The van der Waals surface area contributed by atoms with Gasteiger partial charge in [-0.3, -0.25) is 4.90 Å². The number of likely N-dealkylation sites (tertiary alicyclic amines) is 1. The van der Waals surface area contributed by atoms with Crippen LogP contribution < -0.4 is 5.32 Å². The van der Waals surface area contributed by atoms with Crippen LogP contribution in [-0.2, 0) is 4.74 Å². The van der Waals surface area contributed by atoms with Crippen LogP contribution >= 0.6 is 0 Å². The zero-order chi connectivity index (χ0) is 15.2. The summed E-state index contributed by atoms with van der Waals surface area (Å²) < 4.78 is 6.33. The number of nitrogens with zero attached hydrogens (tertiary/aromatic N) is 1. The Hall–Kier alpha value is -0.120. The van der Waals surface area contributed by atoms with E-state index in [0.29, 0.717) is 12.0 Å². The van der Waals surface area contributed by atoms with Crippen molar-refractivity contribution in [1.82, 2.24) is 10.2 Å². The third-order valence-electron chi connectivity index (χ3n) is 5.54. The predicted molar refractivity (Wildman–Crippen MR) is 85.1 cm³/mol. The van der Waals surface area contributed by atoms with Gasteiger partial charge in [0.1, 0.15) is 0 Å². The quantitative estimate of drug-likeness (QED) is 0.858. The molecule has 0 aliphatic carbocycles. The summed E-state index contributed by atoms with van der Waals surface area (Å²) in [4.78, 5) is 2.66. The Balaban J connectivity index is 2.23. The van der Waals surface area contributed by atoms with Crippen LogP contribution in [0.25, 0.3) is 0 Å². The molecule has 2 aliphatic rings. The molecule has 2 aliphatic heterocycles. The second-order valence-corrected chi connectivity index (χ2v) is 8.39. The van der Waals surface area contributed by atoms with E-state index in [9.17, 15) is 0 Å². The first kappa shape index (κ1) is 16.3. The van der Waals surface area contributed by atoms with E-state index < -0.39 is 0 Å². The van der Waals surface area contributed by atoms with Crippen LogP contribution in [0.1, 0.15) is 60.8 Å². The van der Waals surface area contributed by atoms with Gasteiger partial charge < -0.3 is 10.1 Å². The number of hydrogen-bond donors (Lipinski definition) is 1. The summed E-state index contributed by atoms with van der Waals surface area (Å²) >= 11 is 0. The van der Waals surface area contributed by atoms with Gasteiger partial charge in [0, 0.05) is 17.5 Å². The zero-order valence-corrected chi connectivity index (χ0v) is 14.5. The second-order valence-electron chi connectivity index (χ2n) is 8.39. The summed E-state index contributed by atoms with van der Waals surface area (Å²) in [5.41, 5.74) is 0.107. The van der Waals surface area contributed by atoms with Gasteiger partial charge in [0.15, 0.2) is 0 Å². The van der Waals surface area contributed by atoms with Crippen LogP contribution in [-0.4, -0.2) is 47.8 Å². The van der Waals surface area contributed by atoms with E-state index in [1.165, 1.54) is 25.9 Å². The Kier molecular flexibility index (Phi) is 4.27. The number of nitrogens with one attached hydrogen (secondary N) is 1. The van der Waals surface area contributed by atoms with E-state index in [1.807, 2.05) is 0 Å². The van der Waals surface area contributed by atoms with Crippen LogP contribution in [0.2, 0.25) is 0 Å². The Morgan fingerprint density at radius 2 is 1.70 bits per heavy atom. The van der Waals surface area contributed by atoms with E-state index in [2.05, 4.69) is 58.8 Å². The lowest BCUT2D eigenvalue weighted by molar-refractivity contribution is -0.0835. The highest BCUT2D eigenvalue weighted by Crippen LogP contribution is 2.46. The van der Waals surface area contributed by atoms with Gasteiger partial charge in [-0.2, -0.15) is 0 Å². The van der Waals surface area contributed by atoms with Crippen LogP contribution in [0.3, 0.4) is 0 Å². The first-order chi connectivity index (χ1) is 9.10. The molecule has 0 bridgehead atoms. The average molecular weight is 282 g/mol. The monoisotopic (exact) mass is 282 g/mol. The molecule has 0 amide bonds. The maximum atomic E-state index is 6.33. The maximum Gasteiger partial charge on any atom is 0.0678 e. The average Bonchev–Trinajstić information content (AvgIpc) is 2.86. The van der Waals surface area contributed by atoms with Crippen molar-refractivity contribution in [3.63, 3.8) is 0 Å². The standard InChI is InChI=1S/C17H34N2O/c1-15(2)12-13(17(5,6)20-15)14(18-7)16(3,4)19-10-8-9-11-19/h13-14,18H,8-12H2,1-7H3. The van der Waals surface area contributed by atoms with Gasteiger partial charge in [0.05, 0.1) is 11.2 Å². The predicted octanol–water partition coefficient (Wildman–Crippen LogP) is 3.04. The number of likely N-dealkylation sites (N-methyl/N-ethyl adjacent to an activating group) is 1. The molecule has 0 aromatic heterocycles. The fourth-order valence-corrected chi connectivity index (χ4v) is 4.66. The highest BCUT2D eigenvalue weighted by atomic mass is 16.5. The van der Waals surface area contributed by atoms with Crippen molar-refractivity contribution in [2.75, 3.05) is 20.1 Å². The highest BCUT2D eigenvalue weighted by molar-refractivity contribution is 5.07. The molecule has 2 atom stereocenters. The lowest BCUT2D eigenvalue weighted by Crippen LogP contribution is -2.61. The van der Waals surface area contributed by atoms with E-state index in [-0.39, 0.29) is 16.7 Å². The minimum Gasteiger partial charge on any atom is -0.369 e. The molecule has 2 rings (SSSR count). The zero-order valence-electron chi connectivity index (χ0n) is 14.5. The van der Waals surface area contributed by atoms with Gasteiger partial charge in [0.2, 0.25) is 0 Å². The molecule has 2 unspecified atom stereocenters. The molecule has 0 saturated carbocycles. The summed E-state index contributed by atoms with van der Waals surface area (Å²) in [6.45, 7) is 16.3. The highest BCUT2D eigenvalue weighted by Gasteiger charge is 2.53. The molecule has 3 heteroatoms. The van der Waals surface area contributed by atoms with Gasteiger partial charge in [-0.25, -0.2) is 0 Å². The van der Waals surface area contributed by atoms with Crippen LogP contribution in [0.5, 0.6) is 0 Å². The van der Waals surface area contributed by atoms with Crippen LogP contribution in [0.4, 0.5) is 0 Å². The topological polar surface area (TPSA) is 24.5 Å². The lowest BCUT2D eigenvalue weighted by atomic mass is 9.73. The fraction of sp³-hybridized carbons (Fsp3) is 1.00. The summed E-state index contributed by atoms with van der Waals surface area (Å²) in [6, 6.07) is 0.456. The van der Waals surface area contributed by atoms with Crippen LogP contribution in [0.15, 0.2) is 0 Å². The van der Waals surface area contributed by atoms with Crippen molar-refractivity contribution in [1.29, 1.82) is 0 Å². The lowest BCUT2D eigenvalue weighted by Gasteiger charge is -2.47. The van der Waals surface area contributed by atoms with Gasteiger partial charge in [-0.15, -0.1) is 0 Å². The van der Waals surface area contributed by atoms with Crippen molar-refractivity contribution in [2.24, 2.45) is 5.92 Å². The molecule has 0 radical (unpaired) electrons. The number of hydrogen-bond acceptors (Lipinski definition) is 3. The Morgan fingerprint density at radius 3 is 2.10 bits per heavy atom. The molecule has 2 saturated heterocycles. The summed E-state index contributed by atoms with van der Waals surface area (Å²) in [5.74, 6) is 0.540. The number of ether oxygens (including phenoxy) is 1. The Labute approximate surface area is 125 Å². The minimum atomic E-state index is -0.0613. The van der Waals surface area contributed by atoms with Crippen LogP contribution in [0, 0.1) is 5.92 Å². The molecule has 1 N–H and O–H groups in total. The van der Waals surface area contributed by atoms with Crippen molar-refractivity contribution < 1.29 is 4.74 Å². The summed E-state index contributed by atoms with van der Waals surface area (Å²) in [5, 5.41) is 3.63. The van der Waals surface area contributed by atoms with E-state index in [4.69, 9.17) is 4.74 Å². The van der Waals surface area contributed by atoms with Crippen molar-refractivity contribution >= 4 is 0 Å². The molecule has 0 aromatic rings. The Bertz CT molecular complexity index is 343. The SMILES string of the molecule is CNC(C1CC(C)(C)OC1(C)C)C(C)(C)N1CCCC1. The number of rotatable bonds is 4. The molecule has 2 fully saturated rings. The first-order valence-corrected chi connectivity index (χ1v) is 8.23. The van der Waals surface area contributed by atoms with E-state index >= 15 is 0 Å².